The van der Waals surface area contributed by atoms with Crippen LogP contribution >= 0.6 is 0 Å². The first kappa shape index (κ1) is 40.4. The van der Waals surface area contributed by atoms with Crippen LogP contribution in [0.5, 0.6) is 0 Å². The van der Waals surface area contributed by atoms with Crippen LogP contribution in [0.1, 0.15) is 88.0 Å². The normalized spacial score (nSPS) is 17.7. The highest BCUT2D eigenvalue weighted by atomic mass is 19.4. The first-order valence-electron chi connectivity index (χ1n) is 15.2. The summed E-state index contributed by atoms with van der Waals surface area (Å²) in [4.78, 5) is 79.4. The molecule has 262 valence electrons. The number of carbonyl (C=O) groups excluding carboxylic acids is 6. The fourth-order valence-electron chi connectivity index (χ4n) is 4.67. The molecule has 0 radical (unpaired) electrons. The summed E-state index contributed by atoms with van der Waals surface area (Å²) in [6.07, 6.45) is -5.20. The number of Topliss-reactive ketones (excluding diaryl/α,β-unsaturated/α-hetero) is 1. The van der Waals surface area contributed by atoms with E-state index in [1.54, 1.807) is 62.3 Å². The maximum absolute atomic E-state index is 13.9. The molecular weight excluding hydrogens is 611 g/mol. The van der Waals surface area contributed by atoms with Crippen LogP contribution in [0.3, 0.4) is 0 Å². The van der Waals surface area contributed by atoms with E-state index in [2.05, 4.69) is 27.8 Å². The summed E-state index contributed by atoms with van der Waals surface area (Å²) in [5.74, 6) is -4.67. The molecule has 5 amide bonds. The molecule has 0 aromatic heterocycles. The minimum Gasteiger partial charge on any atom is -0.458 e. The predicted octanol–water partition coefficient (Wildman–Crippen LogP) is 3.15. The summed E-state index contributed by atoms with van der Waals surface area (Å²) in [5.41, 5.74) is -2.48. The first-order chi connectivity index (χ1) is 20.8. The Balaban J connectivity index is 3.21. The van der Waals surface area contributed by atoms with Gasteiger partial charge in [0.05, 0.1) is 6.04 Å². The number of alkyl halides is 3. The Kier molecular flexibility index (Phi) is 13.8. The van der Waals surface area contributed by atoms with Gasteiger partial charge in [0.25, 0.3) is 5.91 Å². The van der Waals surface area contributed by atoms with Crippen molar-refractivity contribution in [3.63, 3.8) is 0 Å². The molecule has 0 spiro atoms. The highest BCUT2D eigenvalue weighted by molar-refractivity contribution is 6.38. The average molecular weight is 662 g/mol. The number of ketones is 1. The molecule has 12 nitrogen and oxygen atoms in total. The number of rotatable bonds is 12. The Bertz CT molecular complexity index is 1150. The van der Waals surface area contributed by atoms with Gasteiger partial charge in [-0.2, -0.15) is 13.2 Å². The lowest BCUT2D eigenvalue weighted by Crippen LogP contribution is -2.62. The number of ether oxygens (including phenoxy) is 1. The molecule has 1 aliphatic heterocycles. The fraction of sp³-hybridized carbons (Fsp3) is 0.742. The summed E-state index contributed by atoms with van der Waals surface area (Å²) in [6.45, 7) is 18.7. The van der Waals surface area contributed by atoms with Crippen molar-refractivity contribution in [1.29, 1.82) is 0 Å². The smallest absolute Gasteiger partial charge is 0.389 e. The molecular formula is C31H50F3N5O7. The van der Waals surface area contributed by atoms with E-state index in [1.807, 2.05) is 0 Å². The molecule has 0 bridgehead atoms. The van der Waals surface area contributed by atoms with Crippen molar-refractivity contribution in [2.24, 2.45) is 10.8 Å². The lowest BCUT2D eigenvalue weighted by molar-refractivity contribution is -0.160. The van der Waals surface area contributed by atoms with Gasteiger partial charge in [-0.25, -0.2) is 9.59 Å². The zero-order valence-corrected chi connectivity index (χ0v) is 28.3. The lowest BCUT2D eigenvalue weighted by Gasteiger charge is -2.37. The van der Waals surface area contributed by atoms with Crippen LogP contribution in [0.25, 0.3) is 0 Å². The Morgan fingerprint density at radius 3 is 1.91 bits per heavy atom. The number of hydrogen-bond donors (Lipinski definition) is 4. The summed E-state index contributed by atoms with van der Waals surface area (Å²) in [5, 5.41) is 9.66. The van der Waals surface area contributed by atoms with Crippen molar-refractivity contribution in [1.82, 2.24) is 26.2 Å². The number of nitrogens with one attached hydrogen (secondary N) is 4. The van der Waals surface area contributed by atoms with Crippen LogP contribution in [-0.4, -0.2) is 89.4 Å². The molecule has 0 aliphatic carbocycles. The third-order valence-electron chi connectivity index (χ3n) is 6.99. The molecule has 1 rings (SSSR count). The maximum atomic E-state index is 13.9. The number of nitrogens with zero attached hydrogens (tertiary/aromatic N) is 1. The molecule has 0 aromatic rings. The molecule has 0 saturated carbocycles. The lowest BCUT2D eigenvalue weighted by atomic mass is 9.85. The SMILES string of the molecule is C=CCNC(=O)C(=O)C(CCC(F)(F)F)NC(=O)C1CCCN1C(=O)C(NC(=O)NC(C(=O)OC(C)(C)C)C(C)(C)C)C(C)(C)C. The van der Waals surface area contributed by atoms with Gasteiger partial charge in [-0.05, 0) is 50.9 Å². The van der Waals surface area contributed by atoms with Gasteiger partial charge in [0.15, 0.2) is 0 Å². The highest BCUT2D eigenvalue weighted by Crippen LogP contribution is 2.28. The van der Waals surface area contributed by atoms with Gasteiger partial charge < -0.3 is 30.9 Å². The van der Waals surface area contributed by atoms with E-state index in [0.29, 0.717) is 6.42 Å². The summed E-state index contributed by atoms with van der Waals surface area (Å²) in [6, 6.07) is -6.08. The van der Waals surface area contributed by atoms with E-state index >= 15 is 0 Å². The van der Waals surface area contributed by atoms with Gasteiger partial charge >= 0.3 is 18.2 Å². The molecule has 46 heavy (non-hydrogen) atoms. The largest absolute Gasteiger partial charge is 0.458 e. The summed E-state index contributed by atoms with van der Waals surface area (Å²) < 4.78 is 44.5. The number of esters is 1. The molecule has 4 unspecified atom stereocenters. The molecule has 1 heterocycles. The molecule has 0 aromatic carbocycles. The summed E-state index contributed by atoms with van der Waals surface area (Å²) in [7, 11) is 0. The molecule has 1 fully saturated rings. The van der Waals surface area contributed by atoms with Crippen molar-refractivity contribution >= 4 is 35.5 Å². The number of carbonyl (C=O) groups is 6. The van der Waals surface area contributed by atoms with E-state index in [-0.39, 0.29) is 19.5 Å². The second-order valence-corrected chi connectivity index (χ2v) is 14.5. The number of likely N-dealkylation sites (tertiary alicyclic amines) is 1. The Hall–Kier alpha value is -3.65. The van der Waals surface area contributed by atoms with Crippen LogP contribution in [0, 0.1) is 10.8 Å². The second-order valence-electron chi connectivity index (χ2n) is 14.5. The maximum Gasteiger partial charge on any atom is 0.389 e. The van der Waals surface area contributed by atoms with Crippen LogP contribution in [-0.2, 0) is 28.7 Å². The van der Waals surface area contributed by atoms with Gasteiger partial charge in [0.1, 0.15) is 23.7 Å². The van der Waals surface area contributed by atoms with Crippen LogP contribution in [0.2, 0.25) is 0 Å². The van der Waals surface area contributed by atoms with Gasteiger partial charge in [0, 0.05) is 19.5 Å². The van der Waals surface area contributed by atoms with E-state index in [4.69, 9.17) is 4.74 Å². The van der Waals surface area contributed by atoms with Crippen molar-refractivity contribution < 1.29 is 46.7 Å². The zero-order chi connectivity index (χ0) is 35.8. The molecule has 4 atom stereocenters. The van der Waals surface area contributed by atoms with Crippen molar-refractivity contribution in [2.75, 3.05) is 13.1 Å². The van der Waals surface area contributed by atoms with E-state index < -0.39 is 95.1 Å². The standard InChI is InChI=1S/C31H50F3N5O7/c1-11-16-35-24(42)20(40)18(14-15-31(32,33)34)36-23(41)19-13-12-17-39(19)25(43)21(28(2,3)4)37-27(45)38-22(29(5,6)7)26(44)46-30(8,9)10/h11,18-19,21-22H,1,12-17H2,2-10H3,(H,35,42)(H,36,41)(H2,37,38,45). The van der Waals surface area contributed by atoms with Crippen LogP contribution in [0.15, 0.2) is 12.7 Å². The van der Waals surface area contributed by atoms with Gasteiger partial charge in [-0.15, -0.1) is 6.58 Å². The quantitative estimate of drug-likeness (QED) is 0.142. The van der Waals surface area contributed by atoms with Crippen LogP contribution in [0.4, 0.5) is 18.0 Å². The molecule has 15 heteroatoms. The number of halogens is 3. The topological polar surface area (TPSA) is 163 Å². The molecule has 1 saturated heterocycles. The molecule has 1 aliphatic rings. The number of amides is 5. The van der Waals surface area contributed by atoms with Gasteiger partial charge in [-0.1, -0.05) is 47.6 Å². The third kappa shape index (κ3) is 13.0. The van der Waals surface area contributed by atoms with E-state index in [0.717, 1.165) is 0 Å². The predicted molar refractivity (Wildman–Crippen MR) is 164 cm³/mol. The third-order valence-corrected chi connectivity index (χ3v) is 6.99. The monoisotopic (exact) mass is 661 g/mol. The number of hydrogen-bond acceptors (Lipinski definition) is 7. The summed E-state index contributed by atoms with van der Waals surface area (Å²) >= 11 is 0. The first-order valence-corrected chi connectivity index (χ1v) is 15.2. The fourth-order valence-corrected chi connectivity index (χ4v) is 4.67. The molecule has 4 N–H and O–H groups in total. The van der Waals surface area contributed by atoms with Gasteiger partial charge in [0.2, 0.25) is 17.6 Å². The Labute approximate surface area is 269 Å². The zero-order valence-electron chi connectivity index (χ0n) is 28.3. The van der Waals surface area contributed by atoms with Gasteiger partial charge in [-0.3, -0.25) is 19.2 Å². The second kappa shape index (κ2) is 15.8. The Morgan fingerprint density at radius 1 is 0.891 bits per heavy atom. The number of urea groups is 1. The van der Waals surface area contributed by atoms with E-state index in [9.17, 15) is 41.9 Å². The average Bonchev–Trinajstić information content (AvgIpc) is 3.38. The Morgan fingerprint density at radius 2 is 1.43 bits per heavy atom. The minimum absolute atomic E-state index is 0.0936. The van der Waals surface area contributed by atoms with E-state index in [1.165, 1.54) is 11.0 Å². The minimum atomic E-state index is -4.65. The van der Waals surface area contributed by atoms with Crippen molar-refractivity contribution in [3.8, 4) is 0 Å². The van der Waals surface area contributed by atoms with Crippen molar-refractivity contribution in [2.45, 2.75) is 124 Å². The highest BCUT2D eigenvalue weighted by Gasteiger charge is 2.44. The van der Waals surface area contributed by atoms with Crippen molar-refractivity contribution in [3.05, 3.63) is 12.7 Å². The van der Waals surface area contributed by atoms with Crippen LogP contribution < -0.4 is 21.3 Å².